The highest BCUT2D eigenvalue weighted by Crippen LogP contribution is 2.00. The number of ether oxygens (including phenoxy) is 1. The number of aromatic nitrogens is 2. The van der Waals surface area contributed by atoms with E-state index in [0.717, 1.165) is 6.42 Å². The Morgan fingerprint density at radius 1 is 1.70 bits per heavy atom. The van der Waals surface area contributed by atoms with Gasteiger partial charge in [0.2, 0.25) is 5.88 Å². The Morgan fingerprint density at radius 2 is 2.60 bits per heavy atom. The Labute approximate surface area is 60.0 Å². The van der Waals surface area contributed by atoms with Gasteiger partial charge in [-0.2, -0.15) is 0 Å². The van der Waals surface area contributed by atoms with Crippen LogP contribution in [-0.2, 0) is 0 Å². The molecule has 0 saturated carbocycles. The van der Waals surface area contributed by atoms with E-state index in [1.165, 1.54) is 0 Å². The second-order valence-corrected chi connectivity index (χ2v) is 1.85. The maximum Gasteiger partial charge on any atom is 0.233 e. The van der Waals surface area contributed by atoms with Crippen molar-refractivity contribution in [2.45, 2.75) is 13.3 Å². The van der Waals surface area contributed by atoms with Gasteiger partial charge in [-0.3, -0.25) is 0 Å². The average molecular weight is 137 g/mol. The lowest BCUT2D eigenvalue weighted by Gasteiger charge is -1.99. The molecule has 1 rings (SSSR count). The highest BCUT2D eigenvalue weighted by molar-refractivity contribution is 5.04. The molecule has 0 saturated heterocycles. The normalized spacial score (nSPS) is 9.30. The van der Waals surface area contributed by atoms with Crippen LogP contribution in [0.2, 0.25) is 0 Å². The van der Waals surface area contributed by atoms with Crippen molar-refractivity contribution >= 4 is 0 Å². The summed E-state index contributed by atoms with van der Waals surface area (Å²) in [5, 5.41) is 7.23. The smallest absolute Gasteiger partial charge is 0.233 e. The highest BCUT2D eigenvalue weighted by atomic mass is 16.5. The zero-order chi connectivity index (χ0) is 7.23. The van der Waals surface area contributed by atoms with E-state index in [4.69, 9.17) is 4.74 Å². The molecule has 1 aromatic heterocycles. The van der Waals surface area contributed by atoms with Gasteiger partial charge >= 0.3 is 0 Å². The van der Waals surface area contributed by atoms with Crippen molar-refractivity contribution in [2.75, 3.05) is 6.61 Å². The van der Waals surface area contributed by atoms with Gasteiger partial charge in [0.05, 0.1) is 6.61 Å². The summed E-state index contributed by atoms with van der Waals surface area (Å²) in [6, 6.07) is 3.42. The van der Waals surface area contributed by atoms with Gasteiger partial charge in [-0.1, -0.05) is 6.92 Å². The molecule has 1 radical (unpaired) electrons. The van der Waals surface area contributed by atoms with Gasteiger partial charge in [0.15, 0.2) is 0 Å². The van der Waals surface area contributed by atoms with Crippen molar-refractivity contribution < 1.29 is 4.74 Å². The fourth-order valence-corrected chi connectivity index (χ4v) is 0.537. The zero-order valence-corrected chi connectivity index (χ0v) is 5.87. The second kappa shape index (κ2) is 3.82. The Balaban J connectivity index is 2.43. The van der Waals surface area contributed by atoms with E-state index < -0.39 is 0 Å². The van der Waals surface area contributed by atoms with Crippen molar-refractivity contribution in [1.82, 2.24) is 10.2 Å². The van der Waals surface area contributed by atoms with E-state index in [2.05, 4.69) is 16.4 Å². The molecule has 0 N–H and O–H groups in total. The maximum atomic E-state index is 5.16. The fraction of sp³-hybridized carbons (Fsp3) is 0.429. The minimum Gasteiger partial charge on any atom is -0.477 e. The van der Waals surface area contributed by atoms with E-state index in [9.17, 15) is 0 Å². The van der Waals surface area contributed by atoms with Crippen LogP contribution < -0.4 is 4.74 Å². The standard InChI is InChI=1S/C7H9N2O/c1-2-6-10-7-4-3-5-8-9-7/h3-4H,2,6H2,1H3. The van der Waals surface area contributed by atoms with Gasteiger partial charge in [-0.25, -0.2) is 0 Å². The molecular formula is C7H9N2O. The summed E-state index contributed by atoms with van der Waals surface area (Å²) in [6.45, 7) is 2.74. The molecule has 0 unspecified atom stereocenters. The fourth-order valence-electron chi connectivity index (χ4n) is 0.537. The molecule has 0 aliphatic carbocycles. The minimum atomic E-state index is 0.570. The van der Waals surface area contributed by atoms with Gasteiger partial charge < -0.3 is 4.74 Å². The third-order valence-electron chi connectivity index (χ3n) is 0.961. The number of hydrogen-bond acceptors (Lipinski definition) is 3. The molecule has 0 fully saturated rings. The molecule has 53 valence electrons. The Kier molecular flexibility index (Phi) is 2.67. The summed E-state index contributed by atoms with van der Waals surface area (Å²) in [7, 11) is 0. The van der Waals surface area contributed by atoms with Crippen LogP contribution in [0.1, 0.15) is 13.3 Å². The molecular weight excluding hydrogens is 128 g/mol. The Hall–Kier alpha value is -1.12. The largest absolute Gasteiger partial charge is 0.477 e. The summed E-state index contributed by atoms with van der Waals surface area (Å²) in [5.74, 6) is 0.570. The van der Waals surface area contributed by atoms with Gasteiger partial charge in [0, 0.05) is 6.07 Å². The van der Waals surface area contributed by atoms with Crippen LogP contribution >= 0.6 is 0 Å². The van der Waals surface area contributed by atoms with Crippen molar-refractivity contribution in [1.29, 1.82) is 0 Å². The van der Waals surface area contributed by atoms with E-state index in [0.29, 0.717) is 12.5 Å². The minimum absolute atomic E-state index is 0.570. The van der Waals surface area contributed by atoms with Gasteiger partial charge in [-0.05, 0) is 12.5 Å². The van der Waals surface area contributed by atoms with E-state index in [-0.39, 0.29) is 0 Å². The molecule has 1 heterocycles. The van der Waals surface area contributed by atoms with E-state index in [1.807, 2.05) is 6.92 Å². The molecule has 0 atom stereocenters. The van der Waals surface area contributed by atoms with Crippen LogP contribution in [0, 0.1) is 6.20 Å². The van der Waals surface area contributed by atoms with Crippen LogP contribution in [0.25, 0.3) is 0 Å². The molecule has 0 amide bonds. The zero-order valence-electron chi connectivity index (χ0n) is 5.87. The predicted molar refractivity (Wildman–Crippen MR) is 36.7 cm³/mol. The van der Waals surface area contributed by atoms with Crippen LogP contribution in [-0.4, -0.2) is 16.8 Å². The van der Waals surface area contributed by atoms with Crippen LogP contribution in [0.3, 0.4) is 0 Å². The van der Waals surface area contributed by atoms with E-state index >= 15 is 0 Å². The monoisotopic (exact) mass is 137 g/mol. The lowest BCUT2D eigenvalue weighted by Crippen LogP contribution is -1.97. The van der Waals surface area contributed by atoms with E-state index in [1.54, 1.807) is 12.1 Å². The maximum absolute atomic E-state index is 5.16. The molecule has 3 heteroatoms. The Bertz CT molecular complexity index is 176. The third-order valence-corrected chi connectivity index (χ3v) is 0.961. The molecule has 10 heavy (non-hydrogen) atoms. The number of rotatable bonds is 3. The first-order valence-electron chi connectivity index (χ1n) is 3.26. The van der Waals surface area contributed by atoms with Crippen LogP contribution in [0.4, 0.5) is 0 Å². The molecule has 0 aliphatic heterocycles. The van der Waals surface area contributed by atoms with Crippen molar-refractivity contribution in [3.05, 3.63) is 18.3 Å². The molecule has 0 aromatic carbocycles. The lowest BCUT2D eigenvalue weighted by molar-refractivity contribution is 0.301. The highest BCUT2D eigenvalue weighted by Gasteiger charge is 1.89. The lowest BCUT2D eigenvalue weighted by atomic mass is 10.5. The molecule has 0 bridgehead atoms. The average Bonchev–Trinajstić information content (AvgIpc) is 2.03. The van der Waals surface area contributed by atoms with Crippen molar-refractivity contribution in [3.8, 4) is 5.88 Å². The first-order chi connectivity index (χ1) is 4.93. The van der Waals surface area contributed by atoms with Crippen molar-refractivity contribution in [2.24, 2.45) is 0 Å². The SMILES string of the molecule is CCCOc1cc[c]nn1. The van der Waals surface area contributed by atoms with Gasteiger partial charge in [0.25, 0.3) is 0 Å². The number of nitrogens with zero attached hydrogens (tertiary/aromatic N) is 2. The molecule has 0 spiro atoms. The quantitative estimate of drug-likeness (QED) is 0.625. The van der Waals surface area contributed by atoms with Gasteiger partial charge in [0.1, 0.15) is 6.20 Å². The first-order valence-corrected chi connectivity index (χ1v) is 3.26. The molecule has 0 aliphatic rings. The molecule has 3 nitrogen and oxygen atoms in total. The summed E-state index contributed by atoms with van der Waals surface area (Å²) < 4.78 is 5.16. The Morgan fingerprint density at radius 3 is 3.20 bits per heavy atom. The van der Waals surface area contributed by atoms with Crippen LogP contribution in [0.15, 0.2) is 12.1 Å². The summed E-state index contributed by atoms with van der Waals surface area (Å²) in [6.07, 6.45) is 3.55. The van der Waals surface area contributed by atoms with Crippen molar-refractivity contribution in [3.63, 3.8) is 0 Å². The van der Waals surface area contributed by atoms with Gasteiger partial charge in [-0.15, -0.1) is 10.2 Å². The summed E-state index contributed by atoms with van der Waals surface area (Å²) in [4.78, 5) is 0. The summed E-state index contributed by atoms with van der Waals surface area (Å²) in [5.41, 5.74) is 0. The molecule has 1 aromatic rings. The summed E-state index contributed by atoms with van der Waals surface area (Å²) >= 11 is 0. The topological polar surface area (TPSA) is 35.0 Å². The predicted octanol–water partition coefficient (Wildman–Crippen LogP) is 1.07. The van der Waals surface area contributed by atoms with Crippen LogP contribution in [0.5, 0.6) is 5.88 Å². The first kappa shape index (κ1) is 6.99. The second-order valence-electron chi connectivity index (χ2n) is 1.85. The number of hydrogen-bond donors (Lipinski definition) is 0. The third kappa shape index (κ3) is 2.01.